The molecule has 1 aromatic heterocycles. The van der Waals surface area contributed by atoms with E-state index in [4.69, 9.17) is 0 Å². The maximum absolute atomic E-state index is 12.3. The van der Waals surface area contributed by atoms with Gasteiger partial charge in [0, 0.05) is 12.1 Å². The van der Waals surface area contributed by atoms with Gasteiger partial charge in [0.1, 0.15) is 24.5 Å². The maximum Gasteiger partial charge on any atom is 0.307 e. The summed E-state index contributed by atoms with van der Waals surface area (Å²) >= 11 is 0. The van der Waals surface area contributed by atoms with Gasteiger partial charge in [-0.1, -0.05) is 0 Å². The van der Waals surface area contributed by atoms with E-state index in [2.05, 4.69) is 10.4 Å². The number of rotatable bonds is 8. The predicted octanol–water partition coefficient (Wildman–Crippen LogP) is 0.471. The topological polar surface area (TPSA) is 174 Å². The van der Waals surface area contributed by atoms with Gasteiger partial charge >= 0.3 is 5.69 Å². The van der Waals surface area contributed by atoms with Crippen LogP contribution in [0.15, 0.2) is 36.7 Å². The number of aromatic nitrogens is 2. The molecule has 144 valence electrons. The van der Waals surface area contributed by atoms with Crippen LogP contribution in [-0.4, -0.2) is 48.4 Å². The van der Waals surface area contributed by atoms with Crippen LogP contribution < -0.4 is 5.32 Å². The molecule has 0 aliphatic rings. The molecule has 2 aromatic rings. The Bertz CT molecular complexity index is 835. The molecule has 0 radical (unpaired) electrons. The van der Waals surface area contributed by atoms with Gasteiger partial charge in [-0.2, -0.15) is 5.10 Å². The highest BCUT2D eigenvalue weighted by atomic mass is 16.6. The Balaban J connectivity index is 2.08. The first-order valence-corrected chi connectivity index (χ1v) is 7.76. The minimum Gasteiger partial charge on any atom is -0.394 e. The molecule has 27 heavy (non-hydrogen) atoms. The van der Waals surface area contributed by atoms with E-state index in [1.165, 1.54) is 31.2 Å². The Morgan fingerprint density at radius 2 is 1.81 bits per heavy atom. The van der Waals surface area contributed by atoms with Gasteiger partial charge in [-0.25, -0.2) is 0 Å². The number of non-ortho nitro benzene ring substituents is 1. The number of nitro groups is 2. The summed E-state index contributed by atoms with van der Waals surface area (Å²) in [6.45, 7) is 0.842. The van der Waals surface area contributed by atoms with Crippen LogP contribution in [0.3, 0.4) is 0 Å². The van der Waals surface area contributed by atoms with Crippen molar-refractivity contribution in [2.75, 3.05) is 6.61 Å². The van der Waals surface area contributed by atoms with Gasteiger partial charge in [0.05, 0.1) is 22.5 Å². The van der Waals surface area contributed by atoms with Gasteiger partial charge in [-0.3, -0.25) is 29.7 Å². The second-order valence-electron chi connectivity index (χ2n) is 5.70. The van der Waals surface area contributed by atoms with Crippen molar-refractivity contribution in [1.29, 1.82) is 0 Å². The minimum atomic E-state index is -1.32. The molecule has 12 nitrogen and oxygen atoms in total. The highest BCUT2D eigenvalue weighted by Gasteiger charge is 2.26. The Morgan fingerprint density at radius 3 is 2.30 bits per heavy atom. The molecule has 3 N–H and O–H groups in total. The Labute approximate surface area is 152 Å². The number of benzene rings is 1. The first-order valence-electron chi connectivity index (χ1n) is 7.76. The number of hydrogen-bond acceptors (Lipinski definition) is 8. The van der Waals surface area contributed by atoms with Crippen LogP contribution in [0.5, 0.6) is 0 Å². The second-order valence-corrected chi connectivity index (χ2v) is 5.70. The quantitative estimate of drug-likeness (QED) is 0.438. The zero-order valence-electron chi connectivity index (χ0n) is 14.1. The third kappa shape index (κ3) is 4.62. The van der Waals surface area contributed by atoms with Gasteiger partial charge in [0.25, 0.3) is 5.69 Å². The minimum absolute atomic E-state index is 0.163. The van der Waals surface area contributed by atoms with Crippen molar-refractivity contribution in [1.82, 2.24) is 15.1 Å². The van der Waals surface area contributed by atoms with E-state index in [9.17, 15) is 35.2 Å². The van der Waals surface area contributed by atoms with Crippen molar-refractivity contribution < 1.29 is 24.9 Å². The molecular formula is C15H17N5O7. The van der Waals surface area contributed by atoms with Crippen LogP contribution in [0.1, 0.15) is 24.6 Å². The lowest BCUT2D eigenvalue weighted by Crippen LogP contribution is -2.44. The van der Waals surface area contributed by atoms with E-state index in [1.54, 1.807) is 0 Å². The van der Waals surface area contributed by atoms with Crippen molar-refractivity contribution in [3.63, 3.8) is 0 Å². The largest absolute Gasteiger partial charge is 0.394 e. The average Bonchev–Trinajstić information content (AvgIpc) is 3.15. The number of nitrogens with zero attached hydrogens (tertiary/aromatic N) is 4. The van der Waals surface area contributed by atoms with Gasteiger partial charge in [0.15, 0.2) is 0 Å². The summed E-state index contributed by atoms with van der Waals surface area (Å²) in [4.78, 5) is 32.4. The zero-order valence-corrected chi connectivity index (χ0v) is 14.1. The highest BCUT2D eigenvalue weighted by Crippen LogP contribution is 2.21. The number of nitro benzene ring substituents is 1. The van der Waals surface area contributed by atoms with Crippen LogP contribution >= 0.6 is 0 Å². The molecule has 1 aromatic carbocycles. The maximum atomic E-state index is 12.3. The summed E-state index contributed by atoms with van der Waals surface area (Å²) in [6, 6.07) is 3.00. The molecule has 1 amide bonds. The van der Waals surface area contributed by atoms with Crippen LogP contribution in [0, 0.1) is 20.2 Å². The van der Waals surface area contributed by atoms with Crippen LogP contribution in [-0.2, 0) is 4.79 Å². The zero-order chi connectivity index (χ0) is 20.1. The van der Waals surface area contributed by atoms with Gasteiger partial charge in [0.2, 0.25) is 5.91 Å². The lowest BCUT2D eigenvalue weighted by molar-refractivity contribution is -0.385. The summed E-state index contributed by atoms with van der Waals surface area (Å²) in [5.41, 5.74) is -0.175. The van der Waals surface area contributed by atoms with E-state index < -0.39 is 40.5 Å². The number of carbonyl (C=O) groups is 1. The Hall–Kier alpha value is -3.38. The summed E-state index contributed by atoms with van der Waals surface area (Å²) in [6.07, 6.45) is 0.767. The van der Waals surface area contributed by atoms with E-state index in [0.717, 1.165) is 17.1 Å². The molecule has 0 saturated carbocycles. The number of carbonyl (C=O) groups excluding carboxylic acids is 1. The third-order valence-electron chi connectivity index (χ3n) is 3.93. The summed E-state index contributed by atoms with van der Waals surface area (Å²) in [5.74, 6) is -0.631. The fraction of sp³-hybridized carbons (Fsp3) is 0.333. The summed E-state index contributed by atoms with van der Waals surface area (Å²) in [5, 5.41) is 47.4. The molecule has 0 fully saturated rings. The molecule has 3 atom stereocenters. The number of aliphatic hydroxyl groups excluding tert-OH is 2. The van der Waals surface area contributed by atoms with Crippen LogP contribution in [0.2, 0.25) is 0 Å². The molecule has 0 saturated heterocycles. The lowest BCUT2D eigenvalue weighted by atomic mass is 10.0. The van der Waals surface area contributed by atoms with Crippen LogP contribution in [0.4, 0.5) is 11.4 Å². The SMILES string of the molecule is CC(C(=O)NC(CO)C(O)c1ccc([N+](=O)[O-])cc1)n1cc([N+](=O)[O-])cn1. The average molecular weight is 379 g/mol. The number of hydrogen-bond donors (Lipinski definition) is 3. The standard InChI is InChI=1S/C15H17N5O7/c1-9(18-7-12(6-16-18)20(26)27)15(23)17-13(8-21)14(22)10-2-4-11(5-3-10)19(24)25/h2-7,9,13-14,21-22H,8H2,1H3,(H,17,23). The summed E-state index contributed by atoms with van der Waals surface area (Å²) in [7, 11) is 0. The monoisotopic (exact) mass is 379 g/mol. The van der Waals surface area contributed by atoms with Gasteiger partial charge in [-0.15, -0.1) is 0 Å². The number of nitrogens with one attached hydrogen (secondary N) is 1. The first kappa shape index (κ1) is 19.9. The first-order chi connectivity index (χ1) is 12.7. The fourth-order valence-electron chi connectivity index (χ4n) is 2.31. The number of aliphatic hydroxyl groups is 2. The second kappa shape index (κ2) is 8.33. The van der Waals surface area contributed by atoms with Crippen molar-refractivity contribution in [3.8, 4) is 0 Å². The van der Waals surface area contributed by atoms with E-state index in [1.807, 2.05) is 0 Å². The van der Waals surface area contributed by atoms with Gasteiger partial charge in [-0.05, 0) is 24.6 Å². The Kier molecular flexibility index (Phi) is 6.15. The van der Waals surface area contributed by atoms with Crippen molar-refractivity contribution in [2.24, 2.45) is 0 Å². The summed E-state index contributed by atoms with van der Waals surface area (Å²) < 4.78 is 1.08. The van der Waals surface area contributed by atoms with Crippen molar-refractivity contribution in [2.45, 2.75) is 25.1 Å². The lowest BCUT2D eigenvalue weighted by Gasteiger charge is -2.24. The molecule has 0 aliphatic heterocycles. The van der Waals surface area contributed by atoms with Crippen LogP contribution in [0.25, 0.3) is 0 Å². The van der Waals surface area contributed by atoms with E-state index in [-0.39, 0.29) is 16.9 Å². The third-order valence-corrected chi connectivity index (χ3v) is 3.93. The van der Waals surface area contributed by atoms with E-state index >= 15 is 0 Å². The smallest absolute Gasteiger partial charge is 0.307 e. The van der Waals surface area contributed by atoms with Gasteiger partial charge < -0.3 is 15.5 Å². The molecule has 1 heterocycles. The Morgan fingerprint density at radius 1 is 1.22 bits per heavy atom. The molecule has 3 unspecified atom stereocenters. The molecule has 2 rings (SSSR count). The van der Waals surface area contributed by atoms with Crippen molar-refractivity contribution >= 4 is 17.3 Å². The predicted molar refractivity (Wildman–Crippen MR) is 90.7 cm³/mol. The normalized spacial score (nSPS) is 14.2. The number of amides is 1. The molecule has 0 bridgehead atoms. The van der Waals surface area contributed by atoms with E-state index in [0.29, 0.717) is 0 Å². The highest BCUT2D eigenvalue weighted by molar-refractivity contribution is 5.80. The molecular weight excluding hydrogens is 362 g/mol. The molecule has 0 aliphatic carbocycles. The molecule has 12 heteroatoms. The fourth-order valence-corrected chi connectivity index (χ4v) is 2.31. The van der Waals surface area contributed by atoms with Crippen molar-refractivity contribution in [3.05, 3.63) is 62.5 Å². The molecule has 0 spiro atoms.